The van der Waals surface area contributed by atoms with Crippen LogP contribution in [0.2, 0.25) is 0 Å². The molecule has 0 saturated carbocycles. The van der Waals surface area contributed by atoms with E-state index >= 15 is 0 Å². The van der Waals surface area contributed by atoms with Crippen molar-refractivity contribution in [2.75, 3.05) is 37.7 Å². The van der Waals surface area contributed by atoms with E-state index in [2.05, 4.69) is 9.88 Å². The average molecular weight is 320 g/mol. The quantitative estimate of drug-likeness (QED) is 0.612. The average Bonchev–Trinajstić information content (AvgIpc) is 3.08. The molecule has 0 bridgehead atoms. The minimum Gasteiger partial charge on any atom is -0.368 e. The van der Waals surface area contributed by atoms with Crippen molar-refractivity contribution < 1.29 is 14.5 Å². The fourth-order valence-corrected chi connectivity index (χ4v) is 3.10. The van der Waals surface area contributed by atoms with Gasteiger partial charge in [-0.3, -0.25) is 14.9 Å². The van der Waals surface area contributed by atoms with E-state index in [4.69, 9.17) is 4.74 Å². The molecule has 0 aliphatic carbocycles. The number of anilines is 1. The van der Waals surface area contributed by atoms with Crippen LogP contribution >= 0.6 is 0 Å². The molecular weight excluding hydrogens is 300 g/mol. The second-order valence-corrected chi connectivity index (χ2v) is 5.91. The monoisotopic (exact) mass is 320 g/mol. The van der Waals surface area contributed by atoms with E-state index in [1.807, 2.05) is 11.8 Å². The van der Waals surface area contributed by atoms with Crippen LogP contribution in [0.15, 0.2) is 12.3 Å². The van der Waals surface area contributed by atoms with Gasteiger partial charge in [0.15, 0.2) is 0 Å². The third-order valence-electron chi connectivity index (χ3n) is 4.34. The molecule has 2 aliphatic rings. The predicted molar refractivity (Wildman–Crippen MR) is 83.4 cm³/mol. The number of amides is 1. The largest absolute Gasteiger partial charge is 0.368 e. The minimum absolute atomic E-state index is 0.00144. The Kier molecular flexibility index (Phi) is 4.42. The van der Waals surface area contributed by atoms with Gasteiger partial charge in [-0.25, -0.2) is 4.98 Å². The summed E-state index contributed by atoms with van der Waals surface area (Å²) in [4.78, 5) is 30.8. The van der Waals surface area contributed by atoms with Gasteiger partial charge in [-0.2, -0.15) is 0 Å². The highest BCUT2D eigenvalue weighted by atomic mass is 16.6. The Morgan fingerprint density at radius 2 is 2.13 bits per heavy atom. The highest BCUT2D eigenvalue weighted by Crippen LogP contribution is 2.23. The zero-order chi connectivity index (χ0) is 16.4. The van der Waals surface area contributed by atoms with Crippen LogP contribution in [0, 0.1) is 17.0 Å². The number of nitro groups is 1. The number of ether oxygens (including phenoxy) is 1. The molecule has 1 aromatic heterocycles. The smallest absolute Gasteiger partial charge is 0.287 e. The van der Waals surface area contributed by atoms with Gasteiger partial charge in [-0.15, -0.1) is 0 Å². The molecule has 2 aliphatic heterocycles. The summed E-state index contributed by atoms with van der Waals surface area (Å²) in [6.45, 7) is 5.07. The number of hydrogen-bond acceptors (Lipinski definition) is 6. The number of piperazine rings is 1. The first-order valence-electron chi connectivity index (χ1n) is 7.82. The maximum Gasteiger partial charge on any atom is 0.287 e. The Hall–Kier alpha value is -2.22. The minimum atomic E-state index is -0.442. The standard InChI is InChI=1S/C15H20N4O4/c1-11-9-12(19(21)22)10-16-14(11)17-4-6-18(7-5-17)15(20)13-3-2-8-23-13/h9-10,13H,2-8H2,1H3. The Morgan fingerprint density at radius 3 is 2.70 bits per heavy atom. The Bertz CT molecular complexity index is 607. The van der Waals surface area contributed by atoms with Gasteiger partial charge in [0, 0.05) is 38.9 Å². The van der Waals surface area contributed by atoms with Crippen LogP contribution in [0.25, 0.3) is 0 Å². The summed E-state index contributed by atoms with van der Waals surface area (Å²) in [6.07, 6.45) is 2.76. The molecule has 8 heteroatoms. The highest BCUT2D eigenvalue weighted by molar-refractivity contribution is 5.81. The molecule has 3 rings (SSSR count). The first-order valence-corrected chi connectivity index (χ1v) is 7.82. The molecule has 1 atom stereocenters. The van der Waals surface area contributed by atoms with E-state index in [1.54, 1.807) is 0 Å². The van der Waals surface area contributed by atoms with Crippen LogP contribution in [-0.2, 0) is 9.53 Å². The van der Waals surface area contributed by atoms with E-state index in [-0.39, 0.29) is 17.7 Å². The zero-order valence-electron chi connectivity index (χ0n) is 13.1. The van der Waals surface area contributed by atoms with Crippen molar-refractivity contribution in [3.63, 3.8) is 0 Å². The van der Waals surface area contributed by atoms with E-state index in [0.29, 0.717) is 32.8 Å². The molecule has 0 spiro atoms. The van der Waals surface area contributed by atoms with Crippen molar-refractivity contribution in [3.8, 4) is 0 Å². The number of aryl methyl sites for hydroxylation is 1. The number of carbonyl (C=O) groups is 1. The molecule has 2 saturated heterocycles. The maximum atomic E-state index is 12.3. The lowest BCUT2D eigenvalue weighted by atomic mass is 10.2. The molecule has 1 amide bonds. The normalized spacial score (nSPS) is 21.5. The second kappa shape index (κ2) is 6.49. The number of pyridine rings is 1. The third-order valence-corrected chi connectivity index (χ3v) is 4.34. The molecule has 1 aromatic rings. The van der Waals surface area contributed by atoms with E-state index < -0.39 is 4.92 Å². The topological polar surface area (TPSA) is 88.8 Å². The summed E-state index contributed by atoms with van der Waals surface area (Å²) < 4.78 is 5.45. The predicted octanol–water partition coefficient (Wildman–Crippen LogP) is 1.13. The Morgan fingerprint density at radius 1 is 1.39 bits per heavy atom. The lowest BCUT2D eigenvalue weighted by molar-refractivity contribution is -0.385. The zero-order valence-corrected chi connectivity index (χ0v) is 13.1. The van der Waals surface area contributed by atoms with Gasteiger partial charge >= 0.3 is 0 Å². The van der Waals surface area contributed by atoms with Gasteiger partial charge in [0.25, 0.3) is 11.6 Å². The van der Waals surface area contributed by atoms with Crippen molar-refractivity contribution in [1.29, 1.82) is 0 Å². The summed E-state index contributed by atoms with van der Waals surface area (Å²) in [5.41, 5.74) is 0.775. The van der Waals surface area contributed by atoms with Crippen molar-refractivity contribution in [2.24, 2.45) is 0 Å². The molecule has 0 aromatic carbocycles. The summed E-state index contributed by atoms with van der Waals surface area (Å²) in [6, 6.07) is 1.53. The second-order valence-electron chi connectivity index (χ2n) is 5.91. The van der Waals surface area contributed by atoms with E-state index in [9.17, 15) is 14.9 Å². The molecule has 0 N–H and O–H groups in total. The molecule has 0 radical (unpaired) electrons. The third kappa shape index (κ3) is 3.26. The summed E-state index contributed by atoms with van der Waals surface area (Å²) in [5.74, 6) is 0.829. The fourth-order valence-electron chi connectivity index (χ4n) is 3.10. The van der Waals surface area contributed by atoms with Gasteiger partial charge in [0.2, 0.25) is 0 Å². The number of carbonyl (C=O) groups excluding carboxylic acids is 1. The van der Waals surface area contributed by atoms with Crippen molar-refractivity contribution in [1.82, 2.24) is 9.88 Å². The number of nitrogens with zero attached hydrogens (tertiary/aromatic N) is 4. The number of aromatic nitrogens is 1. The first-order chi connectivity index (χ1) is 11.1. The molecule has 1 unspecified atom stereocenters. The van der Waals surface area contributed by atoms with Gasteiger partial charge in [0.1, 0.15) is 18.1 Å². The number of rotatable bonds is 3. The van der Waals surface area contributed by atoms with Crippen LogP contribution in [0.4, 0.5) is 11.5 Å². The first kappa shape index (κ1) is 15.7. The summed E-state index contributed by atoms with van der Waals surface area (Å²) >= 11 is 0. The van der Waals surface area contributed by atoms with Crippen molar-refractivity contribution in [2.45, 2.75) is 25.9 Å². The SMILES string of the molecule is Cc1cc([N+](=O)[O-])cnc1N1CCN(C(=O)C2CCCO2)CC1. The molecular formula is C15H20N4O4. The molecule has 2 fully saturated rings. The molecule has 8 nitrogen and oxygen atoms in total. The van der Waals surface area contributed by atoms with Crippen molar-refractivity contribution in [3.05, 3.63) is 27.9 Å². The van der Waals surface area contributed by atoms with Crippen LogP contribution in [0.3, 0.4) is 0 Å². The van der Waals surface area contributed by atoms with Crippen LogP contribution < -0.4 is 4.90 Å². The molecule has 3 heterocycles. The van der Waals surface area contributed by atoms with Crippen LogP contribution in [0.1, 0.15) is 18.4 Å². The molecule has 23 heavy (non-hydrogen) atoms. The summed E-state index contributed by atoms with van der Waals surface area (Å²) in [7, 11) is 0. The van der Waals surface area contributed by atoms with Crippen molar-refractivity contribution >= 4 is 17.4 Å². The Balaban J connectivity index is 1.62. The van der Waals surface area contributed by atoms with Crippen LogP contribution in [0.5, 0.6) is 0 Å². The van der Waals surface area contributed by atoms with Gasteiger partial charge in [-0.05, 0) is 25.3 Å². The van der Waals surface area contributed by atoms with E-state index in [1.165, 1.54) is 12.3 Å². The Labute approximate surface area is 134 Å². The maximum absolute atomic E-state index is 12.3. The van der Waals surface area contributed by atoms with Crippen LogP contribution in [-0.4, -0.2) is 59.6 Å². The van der Waals surface area contributed by atoms with Gasteiger partial charge in [0.05, 0.1) is 4.92 Å². The highest BCUT2D eigenvalue weighted by Gasteiger charge is 2.30. The lowest BCUT2D eigenvalue weighted by Gasteiger charge is -2.36. The fraction of sp³-hybridized carbons (Fsp3) is 0.600. The number of hydrogen-bond donors (Lipinski definition) is 0. The lowest BCUT2D eigenvalue weighted by Crippen LogP contribution is -2.51. The summed E-state index contributed by atoms with van der Waals surface area (Å²) in [5, 5.41) is 10.8. The van der Waals surface area contributed by atoms with Gasteiger partial charge < -0.3 is 14.5 Å². The van der Waals surface area contributed by atoms with Gasteiger partial charge in [-0.1, -0.05) is 0 Å². The molecule has 124 valence electrons. The van der Waals surface area contributed by atoms with E-state index in [0.717, 1.165) is 24.2 Å².